The third-order valence-corrected chi connectivity index (χ3v) is 5.63. The minimum Gasteiger partial charge on any atom is -0.382 e. The summed E-state index contributed by atoms with van der Waals surface area (Å²) in [6.45, 7) is 0. The summed E-state index contributed by atoms with van der Waals surface area (Å²) in [5.74, 6) is -6.79. The van der Waals surface area contributed by atoms with Crippen LogP contribution in [-0.4, -0.2) is 22.5 Å². The van der Waals surface area contributed by atoms with Gasteiger partial charge in [-0.15, -0.1) is 0 Å². The van der Waals surface area contributed by atoms with Gasteiger partial charge in [0.1, 0.15) is 6.10 Å². The summed E-state index contributed by atoms with van der Waals surface area (Å²) >= 11 is -0.548. The second-order valence-corrected chi connectivity index (χ2v) is 7.67. The van der Waals surface area contributed by atoms with Crippen LogP contribution in [0, 0.1) is 0 Å². The molecule has 0 heterocycles. The summed E-state index contributed by atoms with van der Waals surface area (Å²) in [5, 5.41) is 9.84. The number of halogens is 7. The third-order valence-electron chi connectivity index (χ3n) is 4.82. The second-order valence-electron chi connectivity index (χ2n) is 6.56. The van der Waals surface area contributed by atoms with Gasteiger partial charge in [0, 0.05) is 29.7 Å². The maximum Gasteiger partial charge on any atom is 0.446 e. The largest absolute Gasteiger partial charge is 0.446 e. The summed E-state index contributed by atoms with van der Waals surface area (Å²) in [5.41, 5.74) is -4.77. The maximum atomic E-state index is 14.0. The quantitative estimate of drug-likeness (QED) is 0.509. The normalized spacial score (nSPS) is 25.8. The zero-order valence-electron chi connectivity index (χ0n) is 12.8. The molecule has 0 saturated heterocycles. The molecule has 0 amide bonds. The highest BCUT2D eigenvalue weighted by Gasteiger charge is 2.50. The number of hydrogen-bond acceptors (Lipinski definition) is 2. The van der Waals surface area contributed by atoms with Crippen LogP contribution in [0.3, 0.4) is 0 Å². The number of rotatable bonds is 2. The topological polar surface area (TPSA) is 20.2 Å². The Hall–Kier alpha value is -0.960. The molecule has 3 rings (SSSR count). The Morgan fingerprint density at radius 3 is 2.20 bits per heavy atom. The van der Waals surface area contributed by atoms with E-state index in [1.165, 1.54) is 6.07 Å². The summed E-state index contributed by atoms with van der Waals surface area (Å²) in [6.07, 6.45) is -3.82. The summed E-state index contributed by atoms with van der Waals surface area (Å²) in [4.78, 5) is -0.461. The molecular formula is C16H15F7OS. The third kappa shape index (κ3) is 3.77. The van der Waals surface area contributed by atoms with Crippen LogP contribution >= 0.6 is 11.8 Å². The highest BCUT2D eigenvalue weighted by atomic mass is 32.2. The van der Waals surface area contributed by atoms with Gasteiger partial charge < -0.3 is 5.11 Å². The van der Waals surface area contributed by atoms with Crippen LogP contribution in [0.5, 0.6) is 0 Å². The number of aliphatic hydroxyl groups is 1. The van der Waals surface area contributed by atoms with Crippen molar-refractivity contribution in [2.45, 2.75) is 66.4 Å². The first-order valence-electron chi connectivity index (χ1n) is 7.75. The lowest BCUT2D eigenvalue weighted by atomic mass is 9.80. The molecule has 0 aliphatic heterocycles. The molecule has 1 fully saturated rings. The van der Waals surface area contributed by atoms with Crippen molar-refractivity contribution in [2.75, 3.05) is 0 Å². The Labute approximate surface area is 143 Å². The van der Waals surface area contributed by atoms with Crippen molar-refractivity contribution in [3.05, 3.63) is 28.8 Å². The molecule has 0 bridgehead atoms. The van der Waals surface area contributed by atoms with E-state index in [4.69, 9.17) is 0 Å². The van der Waals surface area contributed by atoms with Gasteiger partial charge in [0.15, 0.2) is 0 Å². The van der Waals surface area contributed by atoms with Crippen LogP contribution in [0.1, 0.15) is 54.4 Å². The fraction of sp³-hybridized carbons (Fsp3) is 0.625. The van der Waals surface area contributed by atoms with Crippen LogP contribution in [0.2, 0.25) is 0 Å². The fourth-order valence-electron chi connectivity index (χ4n) is 3.65. The molecule has 1 atom stereocenters. The lowest BCUT2D eigenvalue weighted by Crippen LogP contribution is -2.24. The van der Waals surface area contributed by atoms with Crippen LogP contribution < -0.4 is 0 Å². The van der Waals surface area contributed by atoms with Gasteiger partial charge in [0.2, 0.25) is 5.92 Å². The zero-order chi connectivity index (χ0) is 18.6. The fourth-order valence-corrected chi connectivity index (χ4v) is 4.38. The van der Waals surface area contributed by atoms with Gasteiger partial charge in [-0.2, -0.15) is 13.2 Å². The van der Waals surface area contributed by atoms with Gasteiger partial charge in [-0.05, 0) is 47.7 Å². The molecule has 0 unspecified atom stereocenters. The van der Waals surface area contributed by atoms with Gasteiger partial charge in [0.05, 0.1) is 0 Å². The highest BCUT2D eigenvalue weighted by molar-refractivity contribution is 8.00. The lowest BCUT2D eigenvalue weighted by Gasteiger charge is -2.30. The van der Waals surface area contributed by atoms with Crippen LogP contribution in [0.25, 0.3) is 0 Å². The first-order chi connectivity index (χ1) is 11.4. The van der Waals surface area contributed by atoms with E-state index < -0.39 is 58.0 Å². The van der Waals surface area contributed by atoms with E-state index in [0.717, 1.165) is 6.07 Å². The van der Waals surface area contributed by atoms with Crippen molar-refractivity contribution in [1.82, 2.24) is 0 Å². The molecule has 2 aliphatic rings. The molecule has 1 aromatic rings. The van der Waals surface area contributed by atoms with Crippen LogP contribution in [-0.2, 0) is 6.42 Å². The molecule has 1 N–H and O–H groups in total. The number of aliphatic hydroxyl groups excluding tert-OH is 1. The van der Waals surface area contributed by atoms with E-state index in [0.29, 0.717) is 5.56 Å². The van der Waals surface area contributed by atoms with E-state index >= 15 is 0 Å². The van der Waals surface area contributed by atoms with E-state index in [-0.39, 0.29) is 31.2 Å². The van der Waals surface area contributed by atoms with Crippen molar-refractivity contribution in [1.29, 1.82) is 0 Å². The van der Waals surface area contributed by atoms with Crippen molar-refractivity contribution in [3.8, 4) is 0 Å². The van der Waals surface area contributed by atoms with Gasteiger partial charge in [-0.25, -0.2) is 17.6 Å². The molecular weight excluding hydrogens is 373 g/mol. The lowest BCUT2D eigenvalue weighted by molar-refractivity contribution is -0.0977. The first-order valence-corrected chi connectivity index (χ1v) is 8.56. The van der Waals surface area contributed by atoms with E-state index in [1.807, 2.05) is 0 Å². The maximum absolute atomic E-state index is 14.0. The Morgan fingerprint density at radius 2 is 1.64 bits per heavy atom. The number of thioether (sulfide) groups is 1. The molecule has 0 spiro atoms. The predicted octanol–water partition coefficient (Wildman–Crippen LogP) is 5.82. The Kier molecular flexibility index (Phi) is 4.55. The number of hydrogen-bond donors (Lipinski definition) is 1. The molecule has 1 aromatic carbocycles. The molecule has 1 saturated carbocycles. The summed E-state index contributed by atoms with van der Waals surface area (Å²) in [7, 11) is 0. The average Bonchev–Trinajstić information content (AvgIpc) is 2.69. The van der Waals surface area contributed by atoms with Gasteiger partial charge >= 0.3 is 5.51 Å². The van der Waals surface area contributed by atoms with Gasteiger partial charge in [-0.1, -0.05) is 6.07 Å². The molecule has 0 aromatic heterocycles. The average molecular weight is 388 g/mol. The summed E-state index contributed by atoms with van der Waals surface area (Å²) < 4.78 is 92.6. The highest BCUT2D eigenvalue weighted by Crippen LogP contribution is 2.53. The minimum absolute atomic E-state index is 0.0260. The SMILES string of the molecule is O[C@H]1c2c(SC(F)(F)F)ccc(C3CCC(F)(F)CC3)c2CC1(F)F. The Morgan fingerprint density at radius 1 is 1.04 bits per heavy atom. The molecule has 2 aliphatic carbocycles. The number of fused-ring (bicyclic) bond motifs is 1. The smallest absolute Gasteiger partial charge is 0.382 e. The van der Waals surface area contributed by atoms with Crippen molar-refractivity contribution < 1.29 is 35.8 Å². The van der Waals surface area contributed by atoms with Crippen LogP contribution in [0.4, 0.5) is 30.7 Å². The molecule has 25 heavy (non-hydrogen) atoms. The molecule has 1 nitrogen and oxygen atoms in total. The monoisotopic (exact) mass is 388 g/mol. The van der Waals surface area contributed by atoms with Gasteiger partial charge in [-0.3, -0.25) is 0 Å². The predicted molar refractivity (Wildman–Crippen MR) is 78.1 cm³/mol. The minimum atomic E-state index is -4.68. The van der Waals surface area contributed by atoms with Gasteiger partial charge in [0.25, 0.3) is 5.92 Å². The molecule has 140 valence electrons. The van der Waals surface area contributed by atoms with Crippen LogP contribution in [0.15, 0.2) is 17.0 Å². The molecule has 9 heteroatoms. The molecule has 0 radical (unpaired) electrons. The van der Waals surface area contributed by atoms with Crippen molar-refractivity contribution in [3.63, 3.8) is 0 Å². The van der Waals surface area contributed by atoms with Crippen molar-refractivity contribution >= 4 is 11.8 Å². The van der Waals surface area contributed by atoms with Crippen molar-refractivity contribution in [2.24, 2.45) is 0 Å². The number of alkyl halides is 7. The summed E-state index contributed by atoms with van der Waals surface area (Å²) in [6, 6.07) is 2.37. The zero-order valence-corrected chi connectivity index (χ0v) is 13.7. The van der Waals surface area contributed by atoms with E-state index in [2.05, 4.69) is 0 Å². The van der Waals surface area contributed by atoms with E-state index in [1.54, 1.807) is 0 Å². The number of benzene rings is 1. The standard InChI is InChI=1S/C16H15F7OS/c17-14(18)5-3-8(4-6-14)9-1-2-11(25-16(21,22)23)12-10(9)7-15(19,20)13(12)24/h1-2,8,13,24H,3-7H2/t13-/m0/s1. The Bertz CT molecular complexity index is 661. The van der Waals surface area contributed by atoms with E-state index in [9.17, 15) is 35.8 Å². The first kappa shape index (κ1) is 18.8. The second kappa shape index (κ2) is 6.04. The Balaban J connectivity index is 2.00.